The molecule has 94 valence electrons. The molecule has 0 heterocycles. The van der Waals surface area contributed by atoms with Gasteiger partial charge in [-0.1, -0.05) is 74.4 Å². The molecule has 1 aliphatic carbocycles. The minimum atomic E-state index is 1.08. The lowest BCUT2D eigenvalue weighted by molar-refractivity contribution is 0.734. The molecule has 1 aliphatic rings. The van der Waals surface area contributed by atoms with Crippen molar-refractivity contribution in [3.05, 3.63) is 65.8 Å². The summed E-state index contributed by atoms with van der Waals surface area (Å²) in [6.07, 6.45) is 15.0. The Bertz CT molecular complexity index is 446. The average Bonchev–Trinajstić information content (AvgIpc) is 2.46. The van der Waals surface area contributed by atoms with Gasteiger partial charge >= 0.3 is 0 Å². The molecule has 0 bridgehead atoms. The highest BCUT2D eigenvalue weighted by molar-refractivity contribution is 5.71. The summed E-state index contributed by atoms with van der Waals surface area (Å²) in [5.74, 6) is 0. The summed E-state index contributed by atoms with van der Waals surface area (Å²) in [5.41, 5.74) is 4.41. The fourth-order valence-electron chi connectivity index (χ4n) is 2.42. The molecule has 2 rings (SSSR count). The van der Waals surface area contributed by atoms with Crippen molar-refractivity contribution < 1.29 is 0 Å². The molecule has 0 fully saturated rings. The predicted octanol–water partition coefficient (Wildman–Crippen LogP) is 5.54. The zero-order valence-electron chi connectivity index (χ0n) is 11.2. The van der Waals surface area contributed by atoms with Crippen LogP contribution in [0.25, 0.3) is 5.57 Å². The smallest absolute Gasteiger partial charge is 0.00914 e. The van der Waals surface area contributed by atoms with E-state index in [0.29, 0.717) is 0 Å². The fourth-order valence-corrected chi connectivity index (χ4v) is 2.42. The molecule has 0 nitrogen and oxygen atoms in total. The molecule has 0 saturated heterocycles. The van der Waals surface area contributed by atoms with E-state index >= 15 is 0 Å². The van der Waals surface area contributed by atoms with Gasteiger partial charge in [-0.15, -0.1) is 0 Å². The summed E-state index contributed by atoms with van der Waals surface area (Å²) in [6, 6.07) is 10.8. The molecule has 0 amide bonds. The Kier molecular flexibility index (Phi) is 5.01. The predicted molar refractivity (Wildman–Crippen MR) is 80.4 cm³/mol. The van der Waals surface area contributed by atoms with Gasteiger partial charge < -0.3 is 0 Å². The molecular formula is C18H22. The average molecular weight is 238 g/mol. The standard InChI is InChI=1S/C18H22/c1-2-3-6-15-18(16-11-7-4-8-12-16)17-13-9-5-10-14-17/h4-5,7-13H,2-3,6,14-15H2,1H3/b18-17+. The lowest BCUT2D eigenvalue weighted by atomic mass is 9.91. The number of benzene rings is 1. The summed E-state index contributed by atoms with van der Waals surface area (Å²) in [6.45, 7) is 2.26. The molecule has 0 saturated carbocycles. The van der Waals surface area contributed by atoms with E-state index in [1.807, 2.05) is 0 Å². The Morgan fingerprint density at radius 1 is 1.06 bits per heavy atom. The van der Waals surface area contributed by atoms with Crippen LogP contribution < -0.4 is 0 Å². The highest BCUT2D eigenvalue weighted by Crippen LogP contribution is 2.28. The van der Waals surface area contributed by atoms with E-state index in [1.165, 1.54) is 42.4 Å². The van der Waals surface area contributed by atoms with Crippen molar-refractivity contribution in [3.63, 3.8) is 0 Å². The van der Waals surface area contributed by atoms with E-state index < -0.39 is 0 Å². The molecule has 0 spiro atoms. The maximum absolute atomic E-state index is 2.27. The van der Waals surface area contributed by atoms with Crippen molar-refractivity contribution in [1.82, 2.24) is 0 Å². The van der Waals surface area contributed by atoms with Gasteiger partial charge in [0, 0.05) is 0 Å². The summed E-state index contributed by atoms with van der Waals surface area (Å²) >= 11 is 0. The topological polar surface area (TPSA) is 0 Å². The van der Waals surface area contributed by atoms with Gasteiger partial charge in [0.1, 0.15) is 0 Å². The van der Waals surface area contributed by atoms with Gasteiger partial charge in [0.05, 0.1) is 0 Å². The van der Waals surface area contributed by atoms with Gasteiger partial charge in [-0.2, -0.15) is 0 Å². The van der Waals surface area contributed by atoms with Gasteiger partial charge in [0.25, 0.3) is 0 Å². The fraction of sp³-hybridized carbons (Fsp3) is 0.333. The number of allylic oxidation sites excluding steroid dienone is 6. The summed E-state index contributed by atoms with van der Waals surface area (Å²) in [7, 11) is 0. The van der Waals surface area contributed by atoms with Crippen molar-refractivity contribution in [1.29, 1.82) is 0 Å². The normalized spacial score (nSPS) is 16.9. The Hall–Kier alpha value is -1.56. The molecule has 0 atom stereocenters. The van der Waals surface area contributed by atoms with Crippen LogP contribution in [-0.4, -0.2) is 0 Å². The van der Waals surface area contributed by atoms with Gasteiger partial charge in [0.2, 0.25) is 0 Å². The Morgan fingerprint density at radius 3 is 2.56 bits per heavy atom. The molecule has 0 unspecified atom stereocenters. The maximum Gasteiger partial charge on any atom is -0.00914 e. The second-order valence-corrected chi connectivity index (χ2v) is 4.82. The number of hydrogen-bond acceptors (Lipinski definition) is 0. The number of rotatable bonds is 5. The lowest BCUT2D eigenvalue weighted by Crippen LogP contribution is -1.93. The minimum absolute atomic E-state index is 1.08. The first kappa shape index (κ1) is 12.9. The van der Waals surface area contributed by atoms with Crippen LogP contribution in [0, 0.1) is 0 Å². The highest BCUT2D eigenvalue weighted by atomic mass is 14.1. The molecule has 0 radical (unpaired) electrons. The zero-order chi connectivity index (χ0) is 12.6. The third-order valence-corrected chi connectivity index (χ3v) is 3.42. The molecule has 0 aromatic heterocycles. The van der Waals surface area contributed by atoms with E-state index in [-0.39, 0.29) is 0 Å². The second kappa shape index (κ2) is 7.00. The van der Waals surface area contributed by atoms with E-state index in [1.54, 1.807) is 0 Å². The van der Waals surface area contributed by atoms with Crippen LogP contribution in [0.5, 0.6) is 0 Å². The van der Waals surface area contributed by atoms with Gasteiger partial charge in [0.15, 0.2) is 0 Å². The Morgan fingerprint density at radius 2 is 1.89 bits per heavy atom. The van der Waals surface area contributed by atoms with Crippen LogP contribution in [-0.2, 0) is 0 Å². The molecule has 0 N–H and O–H groups in total. The van der Waals surface area contributed by atoms with Crippen molar-refractivity contribution in [3.8, 4) is 0 Å². The van der Waals surface area contributed by atoms with Crippen molar-refractivity contribution >= 4 is 5.57 Å². The lowest BCUT2D eigenvalue weighted by Gasteiger charge is -2.14. The van der Waals surface area contributed by atoms with Crippen LogP contribution in [0.4, 0.5) is 0 Å². The molecule has 0 aliphatic heterocycles. The number of unbranched alkanes of at least 4 members (excludes halogenated alkanes) is 2. The third-order valence-electron chi connectivity index (χ3n) is 3.42. The first-order valence-corrected chi connectivity index (χ1v) is 7.02. The first-order chi connectivity index (χ1) is 8.92. The molecular weight excluding hydrogens is 216 g/mol. The largest absolute Gasteiger partial charge is 0.0801 e. The maximum atomic E-state index is 2.27. The third kappa shape index (κ3) is 3.46. The van der Waals surface area contributed by atoms with Crippen LogP contribution in [0.1, 0.15) is 44.6 Å². The quantitative estimate of drug-likeness (QED) is 0.591. The molecule has 0 heteroatoms. The first-order valence-electron chi connectivity index (χ1n) is 7.02. The summed E-state index contributed by atoms with van der Waals surface area (Å²) in [5, 5.41) is 0. The van der Waals surface area contributed by atoms with Gasteiger partial charge in [-0.05, 0) is 36.0 Å². The van der Waals surface area contributed by atoms with Crippen molar-refractivity contribution in [2.75, 3.05) is 0 Å². The minimum Gasteiger partial charge on any atom is -0.0801 e. The van der Waals surface area contributed by atoms with Crippen molar-refractivity contribution in [2.45, 2.75) is 39.0 Å². The molecule has 1 aromatic carbocycles. The van der Waals surface area contributed by atoms with Gasteiger partial charge in [-0.3, -0.25) is 0 Å². The Balaban J connectivity index is 2.23. The van der Waals surface area contributed by atoms with Crippen molar-refractivity contribution in [2.24, 2.45) is 0 Å². The monoisotopic (exact) mass is 238 g/mol. The van der Waals surface area contributed by atoms with E-state index in [2.05, 4.69) is 61.6 Å². The summed E-state index contributed by atoms with van der Waals surface area (Å²) < 4.78 is 0. The summed E-state index contributed by atoms with van der Waals surface area (Å²) in [4.78, 5) is 0. The Labute approximate surface area is 111 Å². The zero-order valence-corrected chi connectivity index (χ0v) is 11.2. The highest BCUT2D eigenvalue weighted by Gasteiger charge is 2.07. The molecule has 18 heavy (non-hydrogen) atoms. The van der Waals surface area contributed by atoms with Crippen LogP contribution in [0.15, 0.2) is 60.2 Å². The van der Waals surface area contributed by atoms with E-state index in [0.717, 1.165) is 6.42 Å². The number of hydrogen-bond donors (Lipinski definition) is 0. The molecule has 1 aromatic rings. The SMILES string of the molecule is CCCCC/C(=C1/C=CC=CC1)c1ccccc1. The van der Waals surface area contributed by atoms with E-state index in [9.17, 15) is 0 Å². The van der Waals surface area contributed by atoms with Crippen LogP contribution in [0.2, 0.25) is 0 Å². The van der Waals surface area contributed by atoms with Crippen LogP contribution in [0.3, 0.4) is 0 Å². The van der Waals surface area contributed by atoms with E-state index in [4.69, 9.17) is 0 Å². The van der Waals surface area contributed by atoms with Gasteiger partial charge in [-0.25, -0.2) is 0 Å². The second-order valence-electron chi connectivity index (χ2n) is 4.82. The van der Waals surface area contributed by atoms with Crippen LogP contribution >= 0.6 is 0 Å².